The van der Waals surface area contributed by atoms with Gasteiger partial charge < -0.3 is 14.6 Å². The van der Waals surface area contributed by atoms with Crippen molar-refractivity contribution in [2.75, 3.05) is 0 Å². The van der Waals surface area contributed by atoms with E-state index < -0.39 is 11.9 Å². The molecule has 128 valence electrons. The van der Waals surface area contributed by atoms with Crippen LogP contribution in [0.2, 0.25) is 0 Å². The summed E-state index contributed by atoms with van der Waals surface area (Å²) in [6.07, 6.45) is 8.54. The Kier molecular flexibility index (Phi) is 9.03. The normalized spacial score (nSPS) is 23.3. The van der Waals surface area contributed by atoms with Crippen molar-refractivity contribution in [3.05, 3.63) is 12.7 Å². The molecule has 0 aromatic rings. The second kappa shape index (κ2) is 10.5. The molecule has 0 radical (unpaired) electrons. The van der Waals surface area contributed by atoms with E-state index in [0.717, 1.165) is 6.42 Å². The molecule has 1 rings (SSSR count). The number of hydrogen-bond acceptors (Lipinski definition) is 3. The highest BCUT2D eigenvalue weighted by atomic mass is 16.7. The maximum absolute atomic E-state index is 9.23. The molecule has 1 aliphatic rings. The second-order valence-corrected chi connectivity index (χ2v) is 6.37. The van der Waals surface area contributed by atoms with Gasteiger partial charge in [-0.3, -0.25) is 0 Å². The quantitative estimate of drug-likeness (QED) is 0.420. The van der Waals surface area contributed by atoms with Crippen LogP contribution in [0.4, 0.5) is 0 Å². The van der Waals surface area contributed by atoms with Crippen molar-refractivity contribution in [3.63, 3.8) is 0 Å². The fourth-order valence-corrected chi connectivity index (χ4v) is 2.64. The lowest BCUT2D eigenvalue weighted by Gasteiger charge is -2.16. The Balaban J connectivity index is 2.44. The van der Waals surface area contributed by atoms with Gasteiger partial charge in [0, 0.05) is 6.42 Å². The SMILES string of the molecule is C=C[C@H](O)C#CC#CC[C@@H]1OC(C)(C)O[C@H]1CCCCCCC. The van der Waals surface area contributed by atoms with Gasteiger partial charge in [-0.25, -0.2) is 0 Å². The molecule has 0 spiro atoms. The van der Waals surface area contributed by atoms with Crippen LogP contribution in [0, 0.1) is 23.7 Å². The molecule has 1 saturated heterocycles. The van der Waals surface area contributed by atoms with Gasteiger partial charge in [-0.2, -0.15) is 0 Å². The first kappa shape index (κ1) is 19.8. The van der Waals surface area contributed by atoms with Crippen molar-refractivity contribution >= 4 is 0 Å². The number of aliphatic hydroxyl groups is 1. The van der Waals surface area contributed by atoms with Crippen molar-refractivity contribution < 1.29 is 14.6 Å². The van der Waals surface area contributed by atoms with Gasteiger partial charge in [0.15, 0.2) is 5.79 Å². The van der Waals surface area contributed by atoms with Crippen LogP contribution in [0.3, 0.4) is 0 Å². The zero-order valence-corrected chi connectivity index (χ0v) is 14.7. The van der Waals surface area contributed by atoms with Crippen LogP contribution in [0.25, 0.3) is 0 Å². The molecule has 3 atom stereocenters. The summed E-state index contributed by atoms with van der Waals surface area (Å²) in [6, 6.07) is 0. The molecule has 1 N–H and O–H groups in total. The Morgan fingerprint density at radius 2 is 1.83 bits per heavy atom. The van der Waals surface area contributed by atoms with Gasteiger partial charge in [0.1, 0.15) is 6.10 Å². The van der Waals surface area contributed by atoms with Crippen LogP contribution >= 0.6 is 0 Å². The first-order valence-corrected chi connectivity index (χ1v) is 8.63. The summed E-state index contributed by atoms with van der Waals surface area (Å²) in [6.45, 7) is 9.58. The van der Waals surface area contributed by atoms with E-state index in [2.05, 4.69) is 37.2 Å². The number of unbranched alkanes of at least 4 members (excludes halogenated alkanes) is 4. The van der Waals surface area contributed by atoms with Crippen LogP contribution < -0.4 is 0 Å². The standard InChI is InChI=1S/C20H30O3/c1-5-7-8-9-12-15-18-19(23-20(3,4)22-18)16-13-10-11-14-17(21)6-2/h6,17-19,21H,2,5,7-9,12,15-16H2,1,3-4H3/t17-,18-,19-/m0/s1. The molecule has 0 saturated carbocycles. The number of aliphatic hydroxyl groups excluding tert-OH is 1. The molecule has 3 heteroatoms. The van der Waals surface area contributed by atoms with E-state index in [1.165, 1.54) is 38.2 Å². The molecule has 0 aliphatic carbocycles. The Hall–Kier alpha value is -1.26. The van der Waals surface area contributed by atoms with Gasteiger partial charge in [-0.1, -0.05) is 63.5 Å². The van der Waals surface area contributed by atoms with Crippen LogP contribution in [-0.2, 0) is 9.47 Å². The average Bonchev–Trinajstić information content (AvgIpc) is 2.80. The van der Waals surface area contributed by atoms with Crippen molar-refractivity contribution in [2.24, 2.45) is 0 Å². The molecule has 1 fully saturated rings. The van der Waals surface area contributed by atoms with E-state index in [4.69, 9.17) is 9.47 Å². The highest BCUT2D eigenvalue weighted by Crippen LogP contribution is 2.32. The predicted octanol–water partition coefficient (Wildman–Crippen LogP) is 3.81. The monoisotopic (exact) mass is 318 g/mol. The summed E-state index contributed by atoms with van der Waals surface area (Å²) < 4.78 is 12.0. The van der Waals surface area contributed by atoms with Crippen molar-refractivity contribution in [3.8, 4) is 23.7 Å². The summed E-state index contributed by atoms with van der Waals surface area (Å²) >= 11 is 0. The highest BCUT2D eigenvalue weighted by Gasteiger charge is 2.40. The predicted molar refractivity (Wildman–Crippen MR) is 93.6 cm³/mol. The fraction of sp³-hybridized carbons (Fsp3) is 0.700. The van der Waals surface area contributed by atoms with E-state index in [1.807, 2.05) is 13.8 Å². The Morgan fingerprint density at radius 1 is 1.13 bits per heavy atom. The van der Waals surface area contributed by atoms with Gasteiger partial charge in [-0.15, -0.1) is 0 Å². The molecular formula is C20H30O3. The molecule has 1 heterocycles. The lowest BCUT2D eigenvalue weighted by atomic mass is 10.0. The minimum Gasteiger partial charge on any atom is -0.377 e. The summed E-state index contributed by atoms with van der Waals surface area (Å²) in [5.74, 6) is 10.4. The molecule has 0 amide bonds. The number of ether oxygens (including phenoxy) is 2. The second-order valence-electron chi connectivity index (χ2n) is 6.37. The first-order chi connectivity index (χ1) is 11.0. The van der Waals surface area contributed by atoms with E-state index >= 15 is 0 Å². The summed E-state index contributed by atoms with van der Waals surface area (Å²) in [5, 5.41) is 9.23. The molecule has 1 aliphatic heterocycles. The van der Waals surface area contributed by atoms with Crippen LogP contribution in [0.1, 0.15) is 65.7 Å². The Morgan fingerprint density at radius 3 is 2.52 bits per heavy atom. The average molecular weight is 318 g/mol. The third kappa shape index (κ3) is 8.24. The number of hydrogen-bond donors (Lipinski definition) is 1. The summed E-state index contributed by atoms with van der Waals surface area (Å²) in [7, 11) is 0. The molecule has 0 unspecified atom stereocenters. The summed E-state index contributed by atoms with van der Waals surface area (Å²) in [5.41, 5.74) is 0. The maximum atomic E-state index is 9.23. The van der Waals surface area contributed by atoms with Crippen molar-refractivity contribution in [1.29, 1.82) is 0 Å². The van der Waals surface area contributed by atoms with E-state index in [9.17, 15) is 5.11 Å². The van der Waals surface area contributed by atoms with Crippen molar-refractivity contribution in [2.45, 2.75) is 89.8 Å². The van der Waals surface area contributed by atoms with Crippen LogP contribution in [0.5, 0.6) is 0 Å². The lowest BCUT2D eigenvalue weighted by Crippen LogP contribution is -2.21. The zero-order valence-electron chi connectivity index (χ0n) is 14.7. The fourth-order valence-electron chi connectivity index (χ4n) is 2.64. The minimum atomic E-state index is -0.815. The highest BCUT2D eigenvalue weighted by molar-refractivity contribution is 5.28. The molecule has 0 bridgehead atoms. The Bertz CT molecular complexity index is 473. The third-order valence-electron chi connectivity index (χ3n) is 3.77. The smallest absolute Gasteiger partial charge is 0.163 e. The third-order valence-corrected chi connectivity index (χ3v) is 3.77. The molecular weight excluding hydrogens is 288 g/mol. The molecule has 0 aromatic heterocycles. The van der Waals surface area contributed by atoms with Gasteiger partial charge in [0.05, 0.1) is 12.2 Å². The van der Waals surface area contributed by atoms with E-state index in [0.29, 0.717) is 6.42 Å². The van der Waals surface area contributed by atoms with Crippen molar-refractivity contribution in [1.82, 2.24) is 0 Å². The van der Waals surface area contributed by atoms with Gasteiger partial charge in [0.25, 0.3) is 0 Å². The molecule has 3 nitrogen and oxygen atoms in total. The molecule has 0 aromatic carbocycles. The summed E-state index contributed by atoms with van der Waals surface area (Å²) in [4.78, 5) is 0. The largest absolute Gasteiger partial charge is 0.377 e. The van der Waals surface area contributed by atoms with Gasteiger partial charge in [-0.05, 0) is 32.1 Å². The minimum absolute atomic E-state index is 0.00481. The van der Waals surface area contributed by atoms with Crippen LogP contribution in [0.15, 0.2) is 12.7 Å². The molecule has 23 heavy (non-hydrogen) atoms. The zero-order chi connectivity index (χ0) is 17.1. The number of rotatable bonds is 8. The Labute approximate surface area is 141 Å². The van der Waals surface area contributed by atoms with E-state index in [1.54, 1.807) is 0 Å². The first-order valence-electron chi connectivity index (χ1n) is 8.63. The maximum Gasteiger partial charge on any atom is 0.163 e. The lowest BCUT2D eigenvalue weighted by molar-refractivity contribution is -0.146. The topological polar surface area (TPSA) is 38.7 Å². The van der Waals surface area contributed by atoms with Gasteiger partial charge >= 0.3 is 0 Å². The van der Waals surface area contributed by atoms with Crippen LogP contribution in [-0.4, -0.2) is 29.2 Å². The van der Waals surface area contributed by atoms with Gasteiger partial charge in [0.2, 0.25) is 0 Å². The van der Waals surface area contributed by atoms with E-state index in [-0.39, 0.29) is 12.2 Å².